The lowest BCUT2D eigenvalue weighted by atomic mass is 10.1. The van der Waals surface area contributed by atoms with Gasteiger partial charge in [-0.3, -0.25) is 9.59 Å². The van der Waals surface area contributed by atoms with Gasteiger partial charge in [-0.1, -0.05) is 6.58 Å². The molecule has 9 nitrogen and oxygen atoms in total. The first kappa shape index (κ1) is 21.6. The number of likely N-dealkylation sites (tertiary alicyclic amines) is 1. The maximum atomic E-state index is 15.0. The molecule has 32 heavy (non-hydrogen) atoms. The van der Waals surface area contributed by atoms with Crippen LogP contribution in [0, 0.1) is 5.82 Å². The molecule has 3 N–H and O–H groups in total. The van der Waals surface area contributed by atoms with Gasteiger partial charge in [0.2, 0.25) is 5.91 Å². The number of methoxy groups -OCH3 is 1. The number of hydrogen-bond acceptors (Lipinski definition) is 7. The van der Waals surface area contributed by atoms with Crippen LogP contribution in [0.3, 0.4) is 0 Å². The molecule has 0 atom stereocenters. The number of rotatable bonds is 9. The Morgan fingerprint density at radius 1 is 1.31 bits per heavy atom. The molecule has 2 aliphatic rings. The fraction of sp³-hybridized carbons (Fsp3) is 0.318. The van der Waals surface area contributed by atoms with Gasteiger partial charge in [0.05, 0.1) is 18.2 Å². The largest absolute Gasteiger partial charge is 0.491 e. The average molecular weight is 441 g/mol. The van der Waals surface area contributed by atoms with E-state index in [2.05, 4.69) is 27.5 Å². The van der Waals surface area contributed by atoms with Crippen molar-refractivity contribution in [2.24, 2.45) is 0 Å². The number of carbonyl (C=O) groups is 2. The van der Waals surface area contributed by atoms with Crippen LogP contribution < -0.4 is 20.7 Å². The molecule has 168 valence electrons. The van der Waals surface area contributed by atoms with Gasteiger partial charge in [0, 0.05) is 38.0 Å². The first-order valence-electron chi connectivity index (χ1n) is 10.2. The second-order valence-electron chi connectivity index (χ2n) is 7.44. The summed E-state index contributed by atoms with van der Waals surface area (Å²) in [4.78, 5) is 29.9. The van der Waals surface area contributed by atoms with Crippen LogP contribution >= 0.6 is 0 Å². The normalized spacial score (nSPS) is 14.9. The zero-order valence-corrected chi connectivity index (χ0v) is 17.6. The van der Waals surface area contributed by atoms with E-state index in [0.717, 1.165) is 0 Å². The van der Waals surface area contributed by atoms with E-state index in [-0.39, 0.29) is 47.2 Å². The number of benzene rings is 1. The molecule has 10 heteroatoms. The Balaban J connectivity index is 1.52. The smallest absolute Gasteiger partial charge is 0.255 e. The molecule has 2 aliphatic heterocycles. The Hall–Kier alpha value is -3.66. The molecule has 0 spiro atoms. The summed E-state index contributed by atoms with van der Waals surface area (Å²) in [6, 6.07) is 6.98. The number of pyridine rings is 1. The minimum Gasteiger partial charge on any atom is -0.491 e. The van der Waals surface area contributed by atoms with E-state index in [1.54, 1.807) is 36.3 Å². The Morgan fingerprint density at radius 2 is 2.06 bits per heavy atom. The fourth-order valence-corrected chi connectivity index (χ4v) is 3.55. The molecular formula is C22H24FN5O4. The van der Waals surface area contributed by atoms with Crippen molar-refractivity contribution in [2.45, 2.75) is 12.6 Å². The van der Waals surface area contributed by atoms with Crippen molar-refractivity contribution in [1.29, 1.82) is 0 Å². The van der Waals surface area contributed by atoms with Crippen LogP contribution in [0.4, 0.5) is 21.7 Å². The number of halogens is 1. The van der Waals surface area contributed by atoms with Gasteiger partial charge in [-0.15, -0.1) is 0 Å². The van der Waals surface area contributed by atoms with Crippen molar-refractivity contribution in [1.82, 2.24) is 15.2 Å². The highest BCUT2D eigenvalue weighted by Crippen LogP contribution is 2.32. The van der Waals surface area contributed by atoms with Gasteiger partial charge < -0.3 is 30.3 Å². The van der Waals surface area contributed by atoms with Crippen molar-refractivity contribution in [3.8, 4) is 5.75 Å². The van der Waals surface area contributed by atoms with Crippen LogP contribution in [0.1, 0.15) is 15.9 Å². The molecule has 1 aromatic heterocycles. The number of aromatic nitrogens is 1. The molecule has 1 fully saturated rings. The molecule has 2 amide bonds. The van der Waals surface area contributed by atoms with Crippen LogP contribution in [0.15, 0.2) is 36.9 Å². The van der Waals surface area contributed by atoms with E-state index < -0.39 is 5.82 Å². The van der Waals surface area contributed by atoms with Crippen LogP contribution in [0.5, 0.6) is 5.75 Å². The van der Waals surface area contributed by atoms with Gasteiger partial charge in [-0.05, 0) is 30.3 Å². The van der Waals surface area contributed by atoms with E-state index in [0.29, 0.717) is 37.7 Å². The fourth-order valence-electron chi connectivity index (χ4n) is 3.55. The van der Waals surface area contributed by atoms with Crippen molar-refractivity contribution in [2.75, 3.05) is 44.0 Å². The lowest BCUT2D eigenvalue weighted by molar-refractivity contribution is -0.129. The standard InChI is InChI=1S/C22H24FN5O4/c1-3-17(29)28-11-14(12-28)26-21-19(23)16-10-24-22(30)18(16)20(27-21)25-13-4-6-15(7-5-13)32-9-8-31-2/h3-7,14H,1,8-12H2,2H3,(H,24,30)(H2,25,26,27). The Morgan fingerprint density at radius 3 is 2.75 bits per heavy atom. The number of anilines is 3. The Labute approximate surface area is 184 Å². The van der Waals surface area contributed by atoms with Gasteiger partial charge in [0.25, 0.3) is 5.91 Å². The zero-order valence-electron chi connectivity index (χ0n) is 17.6. The molecule has 0 saturated carbocycles. The minimum atomic E-state index is -0.570. The predicted octanol–water partition coefficient (Wildman–Crippen LogP) is 2.04. The van der Waals surface area contributed by atoms with Gasteiger partial charge >= 0.3 is 0 Å². The van der Waals surface area contributed by atoms with Gasteiger partial charge in [-0.25, -0.2) is 9.37 Å². The third-order valence-electron chi connectivity index (χ3n) is 5.27. The number of fused-ring (bicyclic) bond motifs is 1. The molecule has 4 rings (SSSR count). The molecule has 0 aliphatic carbocycles. The highest BCUT2D eigenvalue weighted by Gasteiger charge is 2.33. The molecule has 0 radical (unpaired) electrons. The first-order valence-corrected chi connectivity index (χ1v) is 10.2. The van der Waals surface area contributed by atoms with Crippen molar-refractivity contribution in [3.05, 3.63) is 53.9 Å². The lowest BCUT2D eigenvalue weighted by Gasteiger charge is -2.39. The summed E-state index contributed by atoms with van der Waals surface area (Å²) >= 11 is 0. The van der Waals surface area contributed by atoms with E-state index in [4.69, 9.17) is 9.47 Å². The molecular weight excluding hydrogens is 417 g/mol. The van der Waals surface area contributed by atoms with E-state index in [1.165, 1.54) is 6.08 Å². The summed E-state index contributed by atoms with van der Waals surface area (Å²) in [5.74, 6) is -0.153. The van der Waals surface area contributed by atoms with Crippen molar-refractivity contribution in [3.63, 3.8) is 0 Å². The van der Waals surface area contributed by atoms with Crippen LogP contribution in [-0.2, 0) is 16.1 Å². The SMILES string of the molecule is C=CC(=O)N1CC(Nc2nc(Nc3ccc(OCCOC)cc3)c3c(c2F)CNC3=O)C1. The number of ether oxygens (including phenoxy) is 2. The van der Waals surface area contributed by atoms with Crippen LogP contribution in [0.2, 0.25) is 0 Å². The van der Waals surface area contributed by atoms with Gasteiger partial charge in [0.15, 0.2) is 11.6 Å². The van der Waals surface area contributed by atoms with Crippen molar-refractivity contribution < 1.29 is 23.5 Å². The number of carbonyl (C=O) groups excluding carboxylic acids is 2. The summed E-state index contributed by atoms with van der Waals surface area (Å²) in [5.41, 5.74) is 1.11. The molecule has 0 unspecified atom stereocenters. The summed E-state index contributed by atoms with van der Waals surface area (Å²) in [5, 5.41) is 8.79. The predicted molar refractivity (Wildman–Crippen MR) is 117 cm³/mol. The number of nitrogens with one attached hydrogen (secondary N) is 3. The lowest BCUT2D eigenvalue weighted by Crippen LogP contribution is -2.56. The zero-order chi connectivity index (χ0) is 22.7. The molecule has 1 aromatic carbocycles. The monoisotopic (exact) mass is 441 g/mol. The van der Waals surface area contributed by atoms with E-state index in [9.17, 15) is 9.59 Å². The summed E-state index contributed by atoms with van der Waals surface area (Å²) < 4.78 is 25.5. The minimum absolute atomic E-state index is 0.0398. The second-order valence-corrected chi connectivity index (χ2v) is 7.44. The average Bonchev–Trinajstić information content (AvgIpc) is 3.16. The van der Waals surface area contributed by atoms with Crippen LogP contribution in [-0.4, -0.2) is 61.2 Å². The number of nitrogens with zero attached hydrogens (tertiary/aromatic N) is 2. The number of hydrogen-bond donors (Lipinski definition) is 3. The van der Waals surface area contributed by atoms with Gasteiger partial charge in [0.1, 0.15) is 18.2 Å². The Bertz CT molecular complexity index is 1040. The van der Waals surface area contributed by atoms with Crippen molar-refractivity contribution >= 4 is 29.1 Å². The maximum absolute atomic E-state index is 15.0. The molecule has 0 bridgehead atoms. The highest BCUT2D eigenvalue weighted by molar-refractivity contribution is 6.03. The summed E-state index contributed by atoms with van der Waals surface area (Å²) in [6.45, 7) is 5.32. The molecule has 2 aromatic rings. The Kier molecular flexibility index (Phi) is 6.22. The molecule has 1 saturated heterocycles. The second kappa shape index (κ2) is 9.23. The quantitative estimate of drug-likeness (QED) is 0.404. The first-order chi connectivity index (χ1) is 15.5. The molecule has 3 heterocycles. The third-order valence-corrected chi connectivity index (χ3v) is 5.27. The highest BCUT2D eigenvalue weighted by atomic mass is 19.1. The number of amides is 2. The van der Waals surface area contributed by atoms with E-state index in [1.807, 2.05) is 0 Å². The summed E-state index contributed by atoms with van der Waals surface area (Å²) in [6.07, 6.45) is 1.25. The van der Waals surface area contributed by atoms with E-state index >= 15 is 4.39 Å². The van der Waals surface area contributed by atoms with Crippen LogP contribution in [0.25, 0.3) is 0 Å². The topological polar surface area (TPSA) is 105 Å². The summed E-state index contributed by atoms with van der Waals surface area (Å²) in [7, 11) is 1.60. The third kappa shape index (κ3) is 4.35. The van der Waals surface area contributed by atoms with Gasteiger partial charge in [-0.2, -0.15) is 0 Å². The maximum Gasteiger partial charge on any atom is 0.255 e.